The number of hydrogen-bond acceptors (Lipinski definition) is 5. The van der Waals surface area contributed by atoms with Crippen molar-refractivity contribution in [1.82, 2.24) is 9.78 Å². The molecule has 1 heterocycles. The van der Waals surface area contributed by atoms with Gasteiger partial charge < -0.3 is 14.1 Å². The summed E-state index contributed by atoms with van der Waals surface area (Å²) in [7, 11) is -0.242. The molecule has 1 amide bonds. The van der Waals surface area contributed by atoms with Crippen LogP contribution in [-0.2, 0) is 15.8 Å². The van der Waals surface area contributed by atoms with Gasteiger partial charge in [0.05, 0.1) is 18.9 Å². The molecular weight excluding hydrogens is 601 g/mol. The maximum atomic E-state index is 14.5. The van der Waals surface area contributed by atoms with E-state index in [9.17, 15) is 10.1 Å². The number of amides is 1. The number of rotatable bonds is 10. The predicted octanol–water partition coefficient (Wildman–Crippen LogP) is 9.34. The summed E-state index contributed by atoms with van der Waals surface area (Å²) in [5.74, 6) is 1.74. The molecule has 2 saturated carbocycles. The Hall–Kier alpha value is -3.41. The van der Waals surface area contributed by atoms with Gasteiger partial charge in [0.25, 0.3) is 0 Å². The van der Waals surface area contributed by atoms with E-state index in [2.05, 4.69) is 93.4 Å². The third kappa shape index (κ3) is 8.18. The van der Waals surface area contributed by atoms with Crippen LogP contribution in [0, 0.1) is 23.2 Å². The van der Waals surface area contributed by atoms with Crippen LogP contribution in [0.15, 0.2) is 54.9 Å². The fourth-order valence-electron chi connectivity index (χ4n) is 7.11. The summed E-state index contributed by atoms with van der Waals surface area (Å²) in [6.07, 6.45) is 12.1. The molecule has 5 rings (SSSR count). The topological polar surface area (TPSA) is 80.4 Å². The fraction of sp³-hybridized carbons (Fsp3) is 0.564. The number of nitriles is 1. The summed E-state index contributed by atoms with van der Waals surface area (Å²) in [5.41, 5.74) is 4.94. The van der Waals surface area contributed by atoms with Crippen molar-refractivity contribution >= 4 is 19.9 Å². The molecule has 0 N–H and O–H groups in total. The monoisotopic (exact) mass is 654 g/mol. The molecule has 7 nitrogen and oxygen atoms in total. The Kier molecular flexibility index (Phi) is 11.0. The number of ether oxygens (including phenoxy) is 1. The summed E-state index contributed by atoms with van der Waals surface area (Å²) in [6.45, 7) is 15.2. The first-order valence-corrected chi connectivity index (χ1v) is 20.5. The highest BCUT2D eigenvalue weighted by Gasteiger charge is 2.41. The lowest BCUT2D eigenvalue weighted by Gasteiger charge is -2.41. The fourth-order valence-corrected chi connectivity index (χ4v) is 8.53. The van der Waals surface area contributed by atoms with Crippen molar-refractivity contribution < 1.29 is 14.0 Å². The Morgan fingerprint density at radius 3 is 2.36 bits per heavy atom. The minimum absolute atomic E-state index is 0.0146. The Labute approximate surface area is 283 Å². The number of carbonyl (C=O) groups is 1. The number of anilines is 1. The summed E-state index contributed by atoms with van der Waals surface area (Å²) in [4.78, 5) is 16.6. The normalized spacial score (nSPS) is 22.0. The van der Waals surface area contributed by atoms with E-state index >= 15 is 0 Å². The number of hydrogen-bond donors (Lipinski definition) is 0. The van der Waals surface area contributed by atoms with Crippen molar-refractivity contribution in [2.45, 2.75) is 116 Å². The molecule has 1 aromatic heterocycles. The standard InChI is InChI=1S/C39H54N4O3Si/c1-8-42-27-34(25-41-42)31-10-9-11-35(23-31)43(38(44)30-16-19-36(20-17-30)46-47(6,7)39(2,3)4)26-28-12-14-29(15-13-28)32-18-21-37(45-5)33(22-32)24-40/h9-11,18,21-23,25,27-30,36H,8,12-17,19-20,26H2,1-7H3. The van der Waals surface area contributed by atoms with Crippen LogP contribution in [0.5, 0.6) is 5.75 Å². The highest BCUT2D eigenvalue weighted by molar-refractivity contribution is 6.74. The third-order valence-electron chi connectivity index (χ3n) is 11.1. The molecule has 0 radical (unpaired) electrons. The number of aryl methyl sites for hydroxylation is 1. The third-order valence-corrected chi connectivity index (χ3v) is 15.6. The van der Waals surface area contributed by atoms with Gasteiger partial charge in [-0.05, 0) is 124 Å². The van der Waals surface area contributed by atoms with Gasteiger partial charge in [0.1, 0.15) is 11.8 Å². The Morgan fingerprint density at radius 1 is 1.02 bits per heavy atom. The Bertz CT molecular complexity index is 1550. The van der Waals surface area contributed by atoms with Crippen molar-refractivity contribution in [2.24, 2.45) is 11.8 Å². The molecular formula is C39H54N4O3Si. The lowest BCUT2D eigenvalue weighted by molar-refractivity contribution is -0.124. The summed E-state index contributed by atoms with van der Waals surface area (Å²) in [5, 5.41) is 14.3. The van der Waals surface area contributed by atoms with Gasteiger partial charge in [-0.25, -0.2) is 0 Å². The second-order valence-electron chi connectivity index (χ2n) is 15.2. The van der Waals surface area contributed by atoms with Crippen LogP contribution < -0.4 is 9.64 Å². The predicted molar refractivity (Wildman–Crippen MR) is 192 cm³/mol. The van der Waals surface area contributed by atoms with Crippen LogP contribution in [0.4, 0.5) is 5.69 Å². The number of carbonyl (C=O) groups excluding carboxylic acids is 1. The zero-order valence-corrected chi connectivity index (χ0v) is 30.6. The zero-order chi connectivity index (χ0) is 33.8. The molecule has 0 unspecified atom stereocenters. The van der Waals surface area contributed by atoms with Crippen molar-refractivity contribution in [3.05, 3.63) is 66.0 Å². The van der Waals surface area contributed by atoms with Gasteiger partial charge in [-0.15, -0.1) is 0 Å². The molecule has 0 aliphatic heterocycles. The Balaban J connectivity index is 1.31. The number of benzene rings is 2. The molecule has 0 bridgehead atoms. The first-order chi connectivity index (χ1) is 22.4. The van der Waals surface area contributed by atoms with E-state index < -0.39 is 8.32 Å². The molecule has 2 fully saturated rings. The number of aromatic nitrogens is 2. The maximum absolute atomic E-state index is 14.5. The Morgan fingerprint density at radius 2 is 1.74 bits per heavy atom. The summed E-state index contributed by atoms with van der Waals surface area (Å²) >= 11 is 0. The SMILES string of the molecule is CCn1cc(-c2cccc(N(CC3CCC(c4ccc(OC)c(C#N)c4)CC3)C(=O)C3CCC(O[Si](C)(C)C(C)(C)C)CC3)c2)cn1. The molecule has 2 aliphatic rings. The van der Waals surface area contributed by atoms with Gasteiger partial charge in [0.15, 0.2) is 8.32 Å². The van der Waals surface area contributed by atoms with Gasteiger partial charge >= 0.3 is 0 Å². The molecule has 3 aromatic rings. The highest BCUT2D eigenvalue weighted by Crippen LogP contribution is 2.41. The van der Waals surface area contributed by atoms with Crippen molar-refractivity contribution in [3.63, 3.8) is 0 Å². The van der Waals surface area contributed by atoms with E-state index in [1.54, 1.807) is 7.11 Å². The molecule has 0 spiro atoms. The lowest BCUT2D eigenvalue weighted by Crippen LogP contribution is -2.46. The van der Waals surface area contributed by atoms with E-state index in [0.717, 1.165) is 81.3 Å². The maximum Gasteiger partial charge on any atom is 0.230 e. The molecule has 0 atom stereocenters. The van der Waals surface area contributed by atoms with Crippen LogP contribution in [0.1, 0.15) is 96.1 Å². The van der Waals surface area contributed by atoms with Crippen LogP contribution in [0.2, 0.25) is 18.1 Å². The second kappa shape index (κ2) is 14.8. The molecule has 47 heavy (non-hydrogen) atoms. The van der Waals surface area contributed by atoms with Crippen molar-refractivity contribution in [3.8, 4) is 22.9 Å². The molecule has 252 valence electrons. The average Bonchev–Trinajstić information content (AvgIpc) is 3.56. The minimum atomic E-state index is -1.85. The van der Waals surface area contributed by atoms with Crippen LogP contribution >= 0.6 is 0 Å². The molecule has 2 aliphatic carbocycles. The van der Waals surface area contributed by atoms with E-state index in [0.29, 0.717) is 23.1 Å². The average molecular weight is 655 g/mol. The first-order valence-electron chi connectivity index (χ1n) is 17.6. The van der Waals surface area contributed by atoms with Gasteiger partial charge in [-0.2, -0.15) is 10.4 Å². The van der Waals surface area contributed by atoms with Gasteiger partial charge in [-0.1, -0.05) is 39.0 Å². The zero-order valence-electron chi connectivity index (χ0n) is 29.6. The highest BCUT2D eigenvalue weighted by atomic mass is 28.4. The van der Waals surface area contributed by atoms with Crippen LogP contribution in [0.25, 0.3) is 11.1 Å². The van der Waals surface area contributed by atoms with Gasteiger partial charge in [0, 0.05) is 42.6 Å². The largest absolute Gasteiger partial charge is 0.495 e. The van der Waals surface area contributed by atoms with E-state index in [1.165, 1.54) is 5.56 Å². The quantitative estimate of drug-likeness (QED) is 0.204. The molecule has 8 heteroatoms. The number of methoxy groups -OCH3 is 1. The number of nitrogens with zero attached hydrogens (tertiary/aromatic N) is 4. The smallest absolute Gasteiger partial charge is 0.230 e. The van der Waals surface area contributed by atoms with Crippen molar-refractivity contribution in [1.29, 1.82) is 5.26 Å². The van der Waals surface area contributed by atoms with Crippen molar-refractivity contribution in [2.75, 3.05) is 18.6 Å². The van der Waals surface area contributed by atoms with Crippen LogP contribution in [0.3, 0.4) is 0 Å². The summed E-state index contributed by atoms with van der Waals surface area (Å²) in [6, 6.07) is 16.8. The van der Waals surface area contributed by atoms with E-state index in [4.69, 9.17) is 9.16 Å². The van der Waals surface area contributed by atoms with E-state index in [1.807, 2.05) is 23.0 Å². The summed E-state index contributed by atoms with van der Waals surface area (Å²) < 4.78 is 14.1. The molecule has 2 aromatic carbocycles. The van der Waals surface area contributed by atoms with Crippen LogP contribution in [-0.4, -0.2) is 43.8 Å². The minimum Gasteiger partial charge on any atom is -0.495 e. The molecule has 0 saturated heterocycles. The first kappa shape index (κ1) is 34.9. The second-order valence-corrected chi connectivity index (χ2v) is 20.0. The van der Waals surface area contributed by atoms with E-state index in [-0.39, 0.29) is 23.0 Å². The lowest BCUT2D eigenvalue weighted by atomic mass is 9.78. The van der Waals surface area contributed by atoms with Gasteiger partial charge in [0.2, 0.25) is 5.91 Å². The van der Waals surface area contributed by atoms with Gasteiger partial charge in [-0.3, -0.25) is 9.48 Å².